The number of carbonyl (C=O) groups excluding carboxylic acids is 1. The molecule has 0 radical (unpaired) electrons. The molecular weight excluding hydrogens is 292 g/mol. The van der Waals surface area contributed by atoms with Gasteiger partial charge < -0.3 is 15.7 Å². The van der Waals surface area contributed by atoms with Crippen LogP contribution in [0.25, 0.3) is 0 Å². The number of nitriles is 1. The van der Waals surface area contributed by atoms with Gasteiger partial charge in [-0.2, -0.15) is 5.26 Å². The number of thiophene rings is 1. The van der Waals surface area contributed by atoms with Crippen LogP contribution in [0, 0.1) is 11.3 Å². The molecule has 0 spiro atoms. The van der Waals surface area contributed by atoms with Gasteiger partial charge in [0.15, 0.2) is 0 Å². The number of hydrogen-bond acceptors (Lipinski definition) is 6. The second-order valence-electron chi connectivity index (χ2n) is 4.67. The normalized spacial score (nSPS) is 18.9. The molecule has 1 saturated heterocycles. The van der Waals surface area contributed by atoms with E-state index in [-0.39, 0.29) is 12.3 Å². The molecule has 2 heterocycles. The van der Waals surface area contributed by atoms with Gasteiger partial charge in [0.1, 0.15) is 17.1 Å². The average Bonchev–Trinajstić information content (AvgIpc) is 2.92. The van der Waals surface area contributed by atoms with Crippen LogP contribution in [0.4, 0.5) is 5.00 Å². The second-order valence-corrected chi connectivity index (χ2v) is 5.58. The van der Waals surface area contributed by atoms with Gasteiger partial charge in [0.05, 0.1) is 5.56 Å². The van der Waals surface area contributed by atoms with E-state index in [1.807, 2.05) is 6.07 Å². The number of anilines is 1. The lowest BCUT2D eigenvalue weighted by Crippen LogP contribution is -2.55. The van der Waals surface area contributed by atoms with Gasteiger partial charge in [-0.05, 0) is 11.4 Å². The molecule has 0 saturated carbocycles. The maximum atomic E-state index is 11.9. The molecule has 1 fully saturated rings. The van der Waals surface area contributed by atoms with Crippen LogP contribution >= 0.6 is 11.3 Å². The fourth-order valence-corrected chi connectivity index (χ4v) is 2.94. The molecule has 112 valence electrons. The average molecular weight is 308 g/mol. The third-order valence-corrected chi connectivity index (χ3v) is 4.13. The standard InChI is InChI=1S/C13H16N4O3S/c14-7-9-2-6-21-12(9)16-11(18)1-4-17-5-3-15-8-10(17)13(19)20/h2,6,10,15H,1,3-5,8H2,(H,16,18)(H,19,20). The van der Waals surface area contributed by atoms with Crippen molar-refractivity contribution in [3.63, 3.8) is 0 Å². The van der Waals surface area contributed by atoms with Crippen LogP contribution in [0.2, 0.25) is 0 Å². The van der Waals surface area contributed by atoms with Gasteiger partial charge in [0.2, 0.25) is 5.91 Å². The van der Waals surface area contributed by atoms with E-state index in [9.17, 15) is 9.59 Å². The van der Waals surface area contributed by atoms with Crippen molar-refractivity contribution in [2.24, 2.45) is 0 Å². The fraction of sp³-hybridized carbons (Fsp3) is 0.462. The maximum Gasteiger partial charge on any atom is 0.322 e. The molecule has 1 aliphatic rings. The Hall–Kier alpha value is -1.95. The molecule has 3 N–H and O–H groups in total. The number of aliphatic carboxylic acids is 1. The monoisotopic (exact) mass is 308 g/mol. The molecule has 1 aromatic rings. The van der Waals surface area contributed by atoms with Gasteiger partial charge in [-0.15, -0.1) is 11.3 Å². The van der Waals surface area contributed by atoms with Crippen LogP contribution in [-0.4, -0.2) is 54.1 Å². The molecule has 7 nitrogen and oxygen atoms in total. The second kappa shape index (κ2) is 7.17. The van der Waals surface area contributed by atoms with Crippen molar-refractivity contribution >= 4 is 28.2 Å². The Morgan fingerprint density at radius 1 is 1.62 bits per heavy atom. The summed E-state index contributed by atoms with van der Waals surface area (Å²) in [7, 11) is 0. The number of carboxylic acids is 1. The van der Waals surface area contributed by atoms with E-state index >= 15 is 0 Å². The van der Waals surface area contributed by atoms with E-state index in [1.54, 1.807) is 16.3 Å². The van der Waals surface area contributed by atoms with Gasteiger partial charge in [0.25, 0.3) is 0 Å². The summed E-state index contributed by atoms with van der Waals surface area (Å²) in [5.41, 5.74) is 0.443. The van der Waals surface area contributed by atoms with E-state index in [1.165, 1.54) is 11.3 Å². The largest absolute Gasteiger partial charge is 0.480 e. The first-order valence-electron chi connectivity index (χ1n) is 6.57. The minimum absolute atomic E-state index is 0.201. The predicted molar refractivity (Wildman–Crippen MR) is 78.1 cm³/mol. The van der Waals surface area contributed by atoms with Gasteiger partial charge in [0, 0.05) is 32.6 Å². The van der Waals surface area contributed by atoms with Gasteiger partial charge >= 0.3 is 5.97 Å². The first-order valence-corrected chi connectivity index (χ1v) is 7.45. The van der Waals surface area contributed by atoms with Crippen molar-refractivity contribution in [2.75, 3.05) is 31.5 Å². The summed E-state index contributed by atoms with van der Waals surface area (Å²) in [4.78, 5) is 24.8. The number of carboxylic acid groups (broad SMARTS) is 1. The first kappa shape index (κ1) is 15.4. The molecule has 1 amide bonds. The highest BCUT2D eigenvalue weighted by Gasteiger charge is 2.28. The lowest BCUT2D eigenvalue weighted by molar-refractivity contribution is -0.144. The van der Waals surface area contributed by atoms with Crippen molar-refractivity contribution in [1.82, 2.24) is 10.2 Å². The zero-order valence-electron chi connectivity index (χ0n) is 11.3. The van der Waals surface area contributed by atoms with Crippen LogP contribution in [0.1, 0.15) is 12.0 Å². The number of carbonyl (C=O) groups is 2. The maximum absolute atomic E-state index is 11.9. The molecule has 0 aliphatic carbocycles. The highest BCUT2D eigenvalue weighted by molar-refractivity contribution is 7.14. The quantitative estimate of drug-likeness (QED) is 0.723. The van der Waals surface area contributed by atoms with Gasteiger partial charge in [-0.25, -0.2) is 0 Å². The first-order chi connectivity index (χ1) is 10.1. The van der Waals surface area contributed by atoms with Crippen molar-refractivity contribution < 1.29 is 14.7 Å². The highest BCUT2D eigenvalue weighted by atomic mass is 32.1. The zero-order valence-corrected chi connectivity index (χ0v) is 12.2. The minimum Gasteiger partial charge on any atom is -0.480 e. The van der Waals surface area contributed by atoms with Gasteiger partial charge in [-0.1, -0.05) is 0 Å². The molecule has 0 aromatic carbocycles. The number of nitrogens with zero attached hydrogens (tertiary/aromatic N) is 2. The van der Waals surface area contributed by atoms with Crippen LogP contribution in [-0.2, 0) is 9.59 Å². The van der Waals surface area contributed by atoms with Crippen LogP contribution in [0.3, 0.4) is 0 Å². The van der Waals surface area contributed by atoms with Crippen molar-refractivity contribution in [3.05, 3.63) is 17.0 Å². The smallest absolute Gasteiger partial charge is 0.322 e. The third-order valence-electron chi connectivity index (χ3n) is 3.30. The Labute approximate surface area is 126 Å². The Morgan fingerprint density at radius 2 is 2.43 bits per heavy atom. The van der Waals surface area contributed by atoms with Crippen LogP contribution in [0.15, 0.2) is 11.4 Å². The lowest BCUT2D eigenvalue weighted by atomic mass is 10.2. The Bertz CT molecular complexity index is 566. The summed E-state index contributed by atoms with van der Waals surface area (Å²) >= 11 is 1.30. The van der Waals surface area contributed by atoms with Crippen molar-refractivity contribution in [2.45, 2.75) is 12.5 Å². The van der Waals surface area contributed by atoms with Crippen molar-refractivity contribution in [1.29, 1.82) is 5.26 Å². The third kappa shape index (κ3) is 4.01. The highest BCUT2D eigenvalue weighted by Crippen LogP contribution is 2.22. The SMILES string of the molecule is N#Cc1ccsc1NC(=O)CCN1CCNCC1C(=O)O. The lowest BCUT2D eigenvalue weighted by Gasteiger charge is -2.33. The predicted octanol–water partition coefficient (Wildman–Crippen LogP) is 0.307. The number of hydrogen-bond donors (Lipinski definition) is 3. The van der Waals surface area contributed by atoms with Crippen LogP contribution in [0.5, 0.6) is 0 Å². The molecule has 1 aliphatic heterocycles. The number of amides is 1. The molecule has 1 aromatic heterocycles. The Balaban J connectivity index is 1.86. The van der Waals surface area contributed by atoms with Crippen LogP contribution < -0.4 is 10.6 Å². The minimum atomic E-state index is -0.882. The summed E-state index contributed by atoms with van der Waals surface area (Å²) in [5.74, 6) is -1.09. The molecule has 1 atom stereocenters. The Kier molecular flexibility index (Phi) is 5.27. The Morgan fingerprint density at radius 3 is 3.14 bits per heavy atom. The van der Waals surface area contributed by atoms with Gasteiger partial charge in [-0.3, -0.25) is 14.5 Å². The van der Waals surface area contributed by atoms with E-state index in [0.717, 1.165) is 6.54 Å². The molecule has 0 bridgehead atoms. The van der Waals surface area contributed by atoms with E-state index in [0.29, 0.717) is 30.2 Å². The summed E-state index contributed by atoms with van der Waals surface area (Å²) in [5, 5.41) is 26.0. The molecule has 8 heteroatoms. The number of rotatable bonds is 5. The summed E-state index contributed by atoms with van der Waals surface area (Å²) in [6, 6.07) is 3.06. The van der Waals surface area contributed by atoms with E-state index in [4.69, 9.17) is 10.4 Å². The topological polar surface area (TPSA) is 105 Å². The van der Waals surface area contributed by atoms with Crippen molar-refractivity contribution in [3.8, 4) is 6.07 Å². The zero-order chi connectivity index (χ0) is 15.2. The summed E-state index contributed by atoms with van der Waals surface area (Å²) < 4.78 is 0. The number of nitrogens with one attached hydrogen (secondary N) is 2. The van der Waals surface area contributed by atoms with E-state index in [2.05, 4.69) is 10.6 Å². The molecular formula is C13H16N4O3S. The summed E-state index contributed by atoms with van der Waals surface area (Å²) in [6.45, 7) is 2.10. The molecule has 2 rings (SSSR count). The molecule has 1 unspecified atom stereocenters. The molecule has 21 heavy (non-hydrogen) atoms. The van der Waals surface area contributed by atoms with E-state index < -0.39 is 12.0 Å². The number of piperazine rings is 1. The summed E-state index contributed by atoms with van der Waals surface area (Å²) in [6.07, 6.45) is 0.201. The fourth-order valence-electron chi connectivity index (χ4n) is 2.19.